The van der Waals surface area contributed by atoms with Gasteiger partial charge >= 0.3 is 6.18 Å². The van der Waals surface area contributed by atoms with Crippen molar-refractivity contribution in [3.8, 4) is 0 Å². The second-order valence-corrected chi connectivity index (χ2v) is 6.56. The first-order valence-electron chi connectivity index (χ1n) is 9.33. The lowest BCUT2D eigenvalue weighted by atomic mass is 10.2. The van der Waals surface area contributed by atoms with Crippen LogP contribution in [0.25, 0.3) is 0 Å². The van der Waals surface area contributed by atoms with Crippen LogP contribution in [0, 0.1) is 0 Å². The van der Waals surface area contributed by atoms with E-state index in [9.17, 15) is 13.2 Å². The van der Waals surface area contributed by atoms with Crippen LogP contribution in [-0.2, 0) is 0 Å². The van der Waals surface area contributed by atoms with Crippen LogP contribution in [0.2, 0.25) is 0 Å². The molecule has 1 atom stereocenters. The fraction of sp³-hybridized carbons (Fsp3) is 0.667. The van der Waals surface area contributed by atoms with E-state index >= 15 is 0 Å². The molecule has 1 aromatic heterocycles. The summed E-state index contributed by atoms with van der Waals surface area (Å²) >= 11 is 0. The molecule has 0 saturated carbocycles. The summed E-state index contributed by atoms with van der Waals surface area (Å²) in [7, 11) is 1.70. The molecule has 1 saturated heterocycles. The van der Waals surface area contributed by atoms with Gasteiger partial charge in [0.15, 0.2) is 5.96 Å². The van der Waals surface area contributed by atoms with Crippen LogP contribution in [0.5, 0.6) is 0 Å². The Kier molecular flexibility index (Phi) is 8.15. The summed E-state index contributed by atoms with van der Waals surface area (Å²) < 4.78 is 38.5. The molecule has 0 aromatic carbocycles. The van der Waals surface area contributed by atoms with E-state index in [1.807, 2.05) is 23.1 Å². The van der Waals surface area contributed by atoms with Crippen molar-refractivity contribution in [3.63, 3.8) is 0 Å². The number of hydrogen-bond acceptors (Lipinski definition) is 4. The fourth-order valence-electron chi connectivity index (χ4n) is 2.99. The van der Waals surface area contributed by atoms with Crippen LogP contribution in [0.4, 0.5) is 19.0 Å². The molecule has 0 radical (unpaired) electrons. The first-order chi connectivity index (χ1) is 12.9. The molecule has 1 aromatic rings. The first-order valence-corrected chi connectivity index (χ1v) is 9.33. The average Bonchev–Trinajstić information content (AvgIpc) is 2.67. The number of halogens is 3. The lowest BCUT2D eigenvalue weighted by molar-refractivity contribution is -0.181. The van der Waals surface area contributed by atoms with Crippen LogP contribution in [0.3, 0.4) is 0 Å². The van der Waals surface area contributed by atoms with Gasteiger partial charge in [-0.15, -0.1) is 0 Å². The van der Waals surface area contributed by atoms with Gasteiger partial charge in [-0.25, -0.2) is 4.98 Å². The molecule has 152 valence electrons. The van der Waals surface area contributed by atoms with E-state index in [1.54, 1.807) is 13.2 Å². The summed E-state index contributed by atoms with van der Waals surface area (Å²) in [5.41, 5.74) is 0. The van der Waals surface area contributed by atoms with Gasteiger partial charge in [0.05, 0.1) is 0 Å². The molecule has 9 heteroatoms. The smallest absolute Gasteiger partial charge is 0.370 e. The van der Waals surface area contributed by atoms with Gasteiger partial charge in [0.1, 0.15) is 11.9 Å². The van der Waals surface area contributed by atoms with Gasteiger partial charge in [-0.2, -0.15) is 13.2 Å². The Labute approximate surface area is 158 Å². The molecule has 0 spiro atoms. The Morgan fingerprint density at radius 2 is 1.89 bits per heavy atom. The minimum Gasteiger partial charge on any atom is -0.370 e. The van der Waals surface area contributed by atoms with Gasteiger partial charge < -0.3 is 15.5 Å². The zero-order valence-corrected chi connectivity index (χ0v) is 16.0. The van der Waals surface area contributed by atoms with E-state index in [0.717, 1.165) is 37.7 Å². The monoisotopic (exact) mass is 386 g/mol. The molecule has 2 heterocycles. The topological polar surface area (TPSA) is 55.8 Å². The standard InChI is InChI=1S/C18H29F3N6/c1-15(18(19,20)21)26-11-13-27(14-12-26)17(22-2)25-10-6-5-9-24-16-7-3-4-8-23-16/h3-4,7-8,15H,5-6,9-14H2,1-2H3,(H,22,25)(H,23,24). The highest BCUT2D eigenvalue weighted by Gasteiger charge is 2.41. The van der Waals surface area contributed by atoms with Crippen molar-refractivity contribution in [2.75, 3.05) is 51.6 Å². The molecule has 2 rings (SSSR count). The summed E-state index contributed by atoms with van der Waals surface area (Å²) in [5.74, 6) is 1.62. The van der Waals surface area contributed by atoms with Gasteiger partial charge in [0, 0.05) is 52.5 Å². The van der Waals surface area contributed by atoms with Crippen molar-refractivity contribution in [2.45, 2.75) is 32.0 Å². The second-order valence-electron chi connectivity index (χ2n) is 6.56. The Hall–Kier alpha value is -2.03. The number of pyridine rings is 1. The van der Waals surface area contributed by atoms with Crippen molar-refractivity contribution in [2.24, 2.45) is 4.99 Å². The third-order valence-electron chi connectivity index (χ3n) is 4.70. The molecule has 0 bridgehead atoms. The van der Waals surface area contributed by atoms with Crippen molar-refractivity contribution in [3.05, 3.63) is 24.4 Å². The van der Waals surface area contributed by atoms with Crippen molar-refractivity contribution < 1.29 is 13.2 Å². The highest BCUT2D eigenvalue weighted by atomic mass is 19.4. The molecule has 2 N–H and O–H groups in total. The van der Waals surface area contributed by atoms with Gasteiger partial charge in [-0.1, -0.05) is 6.07 Å². The second kappa shape index (κ2) is 10.3. The molecular formula is C18H29F3N6. The molecule has 1 fully saturated rings. The highest BCUT2D eigenvalue weighted by Crippen LogP contribution is 2.25. The summed E-state index contributed by atoms with van der Waals surface area (Å²) in [4.78, 5) is 12.0. The molecule has 0 aliphatic carbocycles. The number of alkyl halides is 3. The number of guanidine groups is 1. The molecule has 1 aliphatic rings. The predicted molar refractivity (Wildman–Crippen MR) is 102 cm³/mol. The maximum atomic E-state index is 12.8. The van der Waals surface area contributed by atoms with Crippen LogP contribution in [0.15, 0.2) is 29.4 Å². The fourth-order valence-corrected chi connectivity index (χ4v) is 2.99. The first kappa shape index (κ1) is 21.3. The van der Waals surface area contributed by atoms with E-state index in [1.165, 1.54) is 11.8 Å². The van der Waals surface area contributed by atoms with E-state index in [2.05, 4.69) is 20.6 Å². The maximum absolute atomic E-state index is 12.8. The van der Waals surface area contributed by atoms with Crippen molar-refractivity contribution in [1.29, 1.82) is 0 Å². The quantitative estimate of drug-likeness (QED) is 0.428. The summed E-state index contributed by atoms with van der Waals surface area (Å²) in [6.07, 6.45) is -0.476. The predicted octanol–water partition coefficient (Wildman–Crippen LogP) is 2.42. The minimum absolute atomic E-state index is 0.384. The molecule has 6 nitrogen and oxygen atoms in total. The van der Waals surface area contributed by atoms with Gasteiger partial charge in [-0.3, -0.25) is 9.89 Å². The number of rotatable bonds is 7. The molecule has 1 unspecified atom stereocenters. The zero-order chi connectivity index (χ0) is 19.7. The van der Waals surface area contributed by atoms with E-state index < -0.39 is 12.2 Å². The van der Waals surface area contributed by atoms with Crippen molar-refractivity contribution in [1.82, 2.24) is 20.1 Å². The Morgan fingerprint density at radius 3 is 2.48 bits per heavy atom. The zero-order valence-electron chi connectivity index (χ0n) is 16.0. The molecule has 1 aliphatic heterocycles. The van der Waals surface area contributed by atoms with Crippen LogP contribution >= 0.6 is 0 Å². The Balaban J connectivity index is 1.63. The van der Waals surface area contributed by atoms with Gasteiger partial charge in [0.2, 0.25) is 0 Å². The minimum atomic E-state index is -4.18. The Morgan fingerprint density at radius 1 is 1.19 bits per heavy atom. The highest BCUT2D eigenvalue weighted by molar-refractivity contribution is 5.79. The van der Waals surface area contributed by atoms with E-state index in [0.29, 0.717) is 26.2 Å². The number of nitrogens with one attached hydrogen (secondary N) is 2. The molecule has 0 amide bonds. The normalized spacial score (nSPS) is 17.7. The summed E-state index contributed by atoms with van der Waals surface area (Å²) in [5, 5.41) is 6.56. The van der Waals surface area contributed by atoms with Gasteiger partial charge in [0.25, 0.3) is 0 Å². The Bertz CT molecular complexity index is 570. The average molecular weight is 386 g/mol. The van der Waals surface area contributed by atoms with Gasteiger partial charge in [-0.05, 0) is 31.9 Å². The number of unbranched alkanes of at least 4 members (excludes halogenated alkanes) is 1. The largest absolute Gasteiger partial charge is 0.403 e. The molecule has 27 heavy (non-hydrogen) atoms. The van der Waals surface area contributed by atoms with Crippen molar-refractivity contribution >= 4 is 11.8 Å². The lowest BCUT2D eigenvalue weighted by Gasteiger charge is -2.39. The van der Waals surface area contributed by atoms with E-state index in [4.69, 9.17) is 0 Å². The van der Waals surface area contributed by atoms with Crippen LogP contribution < -0.4 is 10.6 Å². The van der Waals surface area contributed by atoms with Crippen LogP contribution in [-0.4, -0.2) is 79.3 Å². The van der Waals surface area contributed by atoms with Crippen LogP contribution in [0.1, 0.15) is 19.8 Å². The third kappa shape index (κ3) is 6.89. The molecular weight excluding hydrogens is 357 g/mol. The number of nitrogens with zero attached hydrogens (tertiary/aromatic N) is 4. The summed E-state index contributed by atoms with van der Waals surface area (Å²) in [6, 6.07) is 4.35. The number of aromatic nitrogens is 1. The maximum Gasteiger partial charge on any atom is 0.403 e. The number of anilines is 1. The number of piperazine rings is 1. The van der Waals surface area contributed by atoms with E-state index in [-0.39, 0.29) is 0 Å². The number of aliphatic imine (C=N–C) groups is 1. The summed E-state index contributed by atoms with van der Waals surface area (Å²) in [6.45, 7) is 4.69. The lowest BCUT2D eigenvalue weighted by Crippen LogP contribution is -2.56. The number of hydrogen-bond donors (Lipinski definition) is 2. The third-order valence-corrected chi connectivity index (χ3v) is 4.70. The SMILES string of the molecule is CN=C(NCCCCNc1ccccn1)N1CCN(C(C)C(F)(F)F)CC1.